The van der Waals surface area contributed by atoms with Gasteiger partial charge >= 0.3 is 5.97 Å². The first-order valence-corrected chi connectivity index (χ1v) is 3.39. The zero-order chi connectivity index (χ0) is 7.94. The average Bonchev–Trinajstić information content (AvgIpc) is 1.97. The molecule has 1 aliphatic rings. The molecule has 1 heterocycles. The summed E-state index contributed by atoms with van der Waals surface area (Å²) in [4.78, 5) is 10.8. The zero-order valence-electron chi connectivity index (χ0n) is 6.42. The van der Waals surface area contributed by atoms with E-state index in [1.807, 2.05) is 0 Å². The van der Waals surface area contributed by atoms with Gasteiger partial charge in [-0.3, -0.25) is 0 Å². The van der Waals surface area contributed by atoms with Gasteiger partial charge in [0.25, 0.3) is 0 Å². The van der Waals surface area contributed by atoms with Crippen molar-refractivity contribution < 1.29 is 14.6 Å². The molecule has 10 heavy (non-hydrogen) atoms. The molecule has 3 atom stereocenters. The molecule has 0 radical (unpaired) electrons. The van der Waals surface area contributed by atoms with Gasteiger partial charge in [0.15, 0.2) is 5.60 Å². The fraction of sp³-hybridized carbons (Fsp3) is 0.857. The Bertz CT molecular complexity index is 162. The van der Waals surface area contributed by atoms with Crippen molar-refractivity contribution in [1.82, 2.24) is 0 Å². The fourth-order valence-corrected chi connectivity index (χ4v) is 1.03. The SMILES string of the molecule is C[C@@H]1OC(=O)[C@@](C)(O)[C@@H]1C. The van der Waals surface area contributed by atoms with E-state index in [4.69, 9.17) is 4.74 Å². The molecular formula is C7H12O3. The van der Waals surface area contributed by atoms with Crippen molar-refractivity contribution in [2.24, 2.45) is 5.92 Å². The van der Waals surface area contributed by atoms with Gasteiger partial charge in [0, 0.05) is 5.92 Å². The molecule has 0 aromatic heterocycles. The lowest BCUT2D eigenvalue weighted by atomic mass is 9.90. The Balaban J connectivity index is 2.85. The highest BCUT2D eigenvalue weighted by atomic mass is 16.6. The first-order chi connectivity index (χ1) is 4.46. The highest BCUT2D eigenvalue weighted by Gasteiger charge is 2.48. The minimum Gasteiger partial charge on any atom is -0.460 e. The summed E-state index contributed by atoms with van der Waals surface area (Å²) in [5, 5.41) is 9.43. The molecular weight excluding hydrogens is 132 g/mol. The van der Waals surface area contributed by atoms with E-state index in [-0.39, 0.29) is 12.0 Å². The summed E-state index contributed by atoms with van der Waals surface area (Å²) < 4.78 is 4.80. The van der Waals surface area contributed by atoms with Crippen LogP contribution < -0.4 is 0 Å². The third kappa shape index (κ3) is 0.814. The van der Waals surface area contributed by atoms with Gasteiger partial charge in [-0.15, -0.1) is 0 Å². The lowest BCUT2D eigenvalue weighted by Crippen LogP contribution is -2.36. The van der Waals surface area contributed by atoms with Crippen LogP contribution in [0.25, 0.3) is 0 Å². The minimum absolute atomic E-state index is 0.111. The van der Waals surface area contributed by atoms with Gasteiger partial charge < -0.3 is 9.84 Å². The van der Waals surface area contributed by atoms with Crippen molar-refractivity contribution in [3.63, 3.8) is 0 Å². The van der Waals surface area contributed by atoms with Gasteiger partial charge in [-0.05, 0) is 13.8 Å². The van der Waals surface area contributed by atoms with Crippen LogP contribution in [0.4, 0.5) is 0 Å². The van der Waals surface area contributed by atoms with Gasteiger partial charge in [-0.25, -0.2) is 4.79 Å². The Morgan fingerprint density at radius 1 is 1.60 bits per heavy atom. The summed E-state index contributed by atoms with van der Waals surface area (Å²) in [6.45, 7) is 5.07. The predicted molar refractivity (Wildman–Crippen MR) is 35.3 cm³/mol. The maximum Gasteiger partial charge on any atom is 0.338 e. The van der Waals surface area contributed by atoms with Crippen LogP contribution in [0.15, 0.2) is 0 Å². The van der Waals surface area contributed by atoms with E-state index >= 15 is 0 Å². The van der Waals surface area contributed by atoms with Crippen molar-refractivity contribution in [2.75, 3.05) is 0 Å². The number of hydrogen-bond acceptors (Lipinski definition) is 3. The van der Waals surface area contributed by atoms with Crippen molar-refractivity contribution >= 4 is 5.97 Å². The van der Waals surface area contributed by atoms with Crippen LogP contribution in [0.1, 0.15) is 20.8 Å². The topological polar surface area (TPSA) is 46.5 Å². The third-order valence-corrected chi connectivity index (χ3v) is 2.30. The molecule has 1 N–H and O–H groups in total. The highest BCUT2D eigenvalue weighted by Crippen LogP contribution is 2.30. The standard InChI is InChI=1S/C7H12O3/c1-4-5(2)10-6(8)7(4,3)9/h4-5,9H,1-3H3/t4-,5+,7+/m1/s1. The molecule has 0 spiro atoms. The summed E-state index contributed by atoms with van der Waals surface area (Å²) in [5.74, 6) is -0.618. The predicted octanol–water partition coefficient (Wildman–Crippen LogP) is 0.319. The molecule has 0 saturated carbocycles. The van der Waals surface area contributed by atoms with Gasteiger partial charge in [-0.1, -0.05) is 6.92 Å². The molecule has 0 aliphatic carbocycles. The van der Waals surface area contributed by atoms with E-state index in [2.05, 4.69) is 0 Å². The second-order valence-corrected chi connectivity index (χ2v) is 3.05. The number of rotatable bonds is 0. The normalized spacial score (nSPS) is 47.4. The zero-order valence-corrected chi connectivity index (χ0v) is 6.42. The van der Waals surface area contributed by atoms with Crippen LogP contribution in [0, 0.1) is 5.92 Å². The first kappa shape index (κ1) is 7.54. The minimum atomic E-state index is -1.28. The highest BCUT2D eigenvalue weighted by molar-refractivity contribution is 5.81. The monoisotopic (exact) mass is 144 g/mol. The molecule has 0 bridgehead atoms. The number of carbonyl (C=O) groups excluding carboxylic acids is 1. The van der Waals surface area contributed by atoms with Gasteiger partial charge in [-0.2, -0.15) is 0 Å². The Hall–Kier alpha value is -0.570. The summed E-state index contributed by atoms with van der Waals surface area (Å²) in [5.41, 5.74) is -1.28. The van der Waals surface area contributed by atoms with Gasteiger partial charge in [0.1, 0.15) is 6.10 Å². The van der Waals surface area contributed by atoms with Gasteiger partial charge in [0.2, 0.25) is 0 Å². The number of carbonyl (C=O) groups is 1. The number of hydrogen-bond donors (Lipinski definition) is 1. The Morgan fingerprint density at radius 2 is 2.10 bits per heavy atom. The maximum absolute atomic E-state index is 10.8. The van der Waals surface area contributed by atoms with Crippen LogP contribution in [0.5, 0.6) is 0 Å². The summed E-state index contributed by atoms with van der Waals surface area (Å²) in [7, 11) is 0. The summed E-state index contributed by atoms with van der Waals surface area (Å²) >= 11 is 0. The number of esters is 1. The van der Waals surface area contributed by atoms with Crippen molar-refractivity contribution in [3.8, 4) is 0 Å². The third-order valence-electron chi connectivity index (χ3n) is 2.30. The van der Waals surface area contributed by atoms with E-state index in [0.29, 0.717) is 0 Å². The van der Waals surface area contributed by atoms with E-state index < -0.39 is 11.6 Å². The van der Waals surface area contributed by atoms with Crippen LogP contribution >= 0.6 is 0 Å². The van der Waals surface area contributed by atoms with E-state index in [0.717, 1.165) is 0 Å². The Kier molecular flexibility index (Phi) is 1.47. The first-order valence-electron chi connectivity index (χ1n) is 3.39. The number of ether oxygens (including phenoxy) is 1. The number of aliphatic hydroxyl groups is 1. The van der Waals surface area contributed by atoms with Crippen LogP contribution in [0.2, 0.25) is 0 Å². The molecule has 0 aromatic carbocycles. The lowest BCUT2D eigenvalue weighted by molar-refractivity contribution is -0.153. The molecule has 1 fully saturated rings. The fourth-order valence-electron chi connectivity index (χ4n) is 1.03. The number of cyclic esters (lactones) is 1. The second kappa shape index (κ2) is 1.95. The largest absolute Gasteiger partial charge is 0.460 e. The molecule has 1 saturated heterocycles. The molecule has 1 aliphatic heterocycles. The second-order valence-electron chi connectivity index (χ2n) is 3.05. The molecule has 1 rings (SSSR count). The van der Waals surface area contributed by atoms with E-state index in [1.54, 1.807) is 13.8 Å². The Labute approximate surface area is 60.0 Å². The average molecular weight is 144 g/mol. The maximum atomic E-state index is 10.8. The Morgan fingerprint density at radius 3 is 2.20 bits per heavy atom. The molecule has 3 heteroatoms. The molecule has 0 unspecified atom stereocenters. The van der Waals surface area contributed by atoms with Gasteiger partial charge in [0.05, 0.1) is 0 Å². The molecule has 0 aromatic rings. The summed E-state index contributed by atoms with van der Waals surface area (Å²) in [6.07, 6.45) is -0.164. The van der Waals surface area contributed by atoms with Crippen LogP contribution in [-0.2, 0) is 9.53 Å². The van der Waals surface area contributed by atoms with E-state index in [1.165, 1.54) is 6.92 Å². The van der Waals surface area contributed by atoms with Crippen molar-refractivity contribution in [2.45, 2.75) is 32.5 Å². The lowest BCUT2D eigenvalue weighted by Gasteiger charge is -2.16. The smallest absolute Gasteiger partial charge is 0.338 e. The van der Waals surface area contributed by atoms with Crippen LogP contribution in [-0.4, -0.2) is 22.8 Å². The van der Waals surface area contributed by atoms with Crippen LogP contribution in [0.3, 0.4) is 0 Å². The van der Waals surface area contributed by atoms with Crippen molar-refractivity contribution in [3.05, 3.63) is 0 Å². The van der Waals surface area contributed by atoms with E-state index in [9.17, 15) is 9.90 Å². The molecule has 58 valence electrons. The molecule has 3 nitrogen and oxygen atoms in total. The van der Waals surface area contributed by atoms with Crippen molar-refractivity contribution in [1.29, 1.82) is 0 Å². The quantitative estimate of drug-likeness (QED) is 0.498. The molecule has 0 amide bonds. The summed E-state index contributed by atoms with van der Waals surface area (Å²) in [6, 6.07) is 0.